The first-order chi connectivity index (χ1) is 15.8. The first-order valence-corrected chi connectivity index (χ1v) is 11.1. The van der Waals surface area contributed by atoms with Crippen molar-refractivity contribution in [1.82, 2.24) is 4.57 Å². The van der Waals surface area contributed by atoms with Gasteiger partial charge in [0.15, 0.2) is 0 Å². The van der Waals surface area contributed by atoms with Gasteiger partial charge in [-0.15, -0.1) is 0 Å². The summed E-state index contributed by atoms with van der Waals surface area (Å²) >= 11 is 0. The molecular weight excluding hydrogens is 386 g/mol. The molecular formula is C31H23N. The summed E-state index contributed by atoms with van der Waals surface area (Å²) in [5.74, 6) is 0. The van der Waals surface area contributed by atoms with Crippen LogP contribution in [-0.2, 0) is 0 Å². The van der Waals surface area contributed by atoms with Gasteiger partial charge >= 0.3 is 0 Å². The van der Waals surface area contributed by atoms with Crippen molar-refractivity contribution >= 4 is 21.8 Å². The largest absolute Gasteiger partial charge is 0.309 e. The van der Waals surface area contributed by atoms with E-state index in [1.54, 1.807) is 0 Å². The third kappa shape index (κ3) is 2.94. The lowest BCUT2D eigenvalue weighted by atomic mass is 9.94. The van der Waals surface area contributed by atoms with Crippen molar-refractivity contribution in [3.63, 3.8) is 0 Å². The Bertz CT molecular complexity index is 1540. The van der Waals surface area contributed by atoms with E-state index in [-0.39, 0.29) is 0 Å². The van der Waals surface area contributed by atoms with Crippen molar-refractivity contribution in [3.05, 3.63) is 127 Å². The molecule has 6 rings (SSSR count). The number of nitrogens with zero attached hydrogens (tertiary/aromatic N) is 1. The minimum absolute atomic E-state index is 1.18. The number of aryl methyl sites for hydroxylation is 1. The summed E-state index contributed by atoms with van der Waals surface area (Å²) in [5.41, 5.74) is 9.92. The Morgan fingerprint density at radius 1 is 0.500 bits per heavy atom. The standard InChI is InChI=1S/C31H23N/c1-22-16-18-24(19-17-22)26-20-21-27(23-10-4-2-5-11-23)31-30(26)28-14-8-9-15-29(28)32(31)25-12-6-3-7-13-25/h2-21H,1H3. The molecule has 0 saturated carbocycles. The molecule has 1 heteroatoms. The maximum Gasteiger partial charge on any atom is 0.0625 e. The molecule has 5 aromatic carbocycles. The molecule has 0 aliphatic carbocycles. The topological polar surface area (TPSA) is 4.93 Å². The number of benzene rings is 5. The monoisotopic (exact) mass is 409 g/mol. The minimum Gasteiger partial charge on any atom is -0.309 e. The Balaban J connectivity index is 1.82. The van der Waals surface area contributed by atoms with Crippen LogP contribution in [0.4, 0.5) is 0 Å². The average Bonchev–Trinajstić information content (AvgIpc) is 3.21. The normalized spacial score (nSPS) is 11.3. The van der Waals surface area contributed by atoms with Gasteiger partial charge in [0.05, 0.1) is 11.0 Å². The highest BCUT2D eigenvalue weighted by Gasteiger charge is 2.19. The van der Waals surface area contributed by atoms with Crippen molar-refractivity contribution in [2.75, 3.05) is 0 Å². The maximum atomic E-state index is 2.42. The van der Waals surface area contributed by atoms with Crippen LogP contribution in [0.5, 0.6) is 0 Å². The predicted octanol–water partition coefficient (Wildman–Crippen LogP) is 8.43. The lowest BCUT2D eigenvalue weighted by Crippen LogP contribution is -1.95. The molecule has 0 atom stereocenters. The molecule has 0 fully saturated rings. The lowest BCUT2D eigenvalue weighted by molar-refractivity contribution is 1.18. The summed E-state index contributed by atoms with van der Waals surface area (Å²) in [6.45, 7) is 2.14. The van der Waals surface area contributed by atoms with E-state index in [9.17, 15) is 0 Å². The quantitative estimate of drug-likeness (QED) is 0.276. The van der Waals surface area contributed by atoms with Gasteiger partial charge in [-0.05, 0) is 41.8 Å². The molecule has 152 valence electrons. The molecule has 1 aromatic heterocycles. The van der Waals surface area contributed by atoms with Gasteiger partial charge in [-0.1, -0.05) is 109 Å². The molecule has 0 saturated heterocycles. The van der Waals surface area contributed by atoms with Crippen LogP contribution >= 0.6 is 0 Å². The van der Waals surface area contributed by atoms with Crippen molar-refractivity contribution in [2.24, 2.45) is 0 Å². The van der Waals surface area contributed by atoms with Crippen LogP contribution < -0.4 is 0 Å². The molecule has 0 spiro atoms. The van der Waals surface area contributed by atoms with Crippen LogP contribution in [0.2, 0.25) is 0 Å². The molecule has 0 N–H and O–H groups in total. The molecule has 32 heavy (non-hydrogen) atoms. The Morgan fingerprint density at radius 2 is 1.09 bits per heavy atom. The first-order valence-electron chi connectivity index (χ1n) is 11.1. The Labute approximate surface area is 188 Å². The summed E-state index contributed by atoms with van der Waals surface area (Å²) in [4.78, 5) is 0. The van der Waals surface area contributed by atoms with Crippen molar-refractivity contribution in [1.29, 1.82) is 0 Å². The number of rotatable bonds is 3. The second-order valence-corrected chi connectivity index (χ2v) is 8.30. The summed E-state index contributed by atoms with van der Waals surface area (Å²) in [6, 6.07) is 43.6. The fourth-order valence-corrected chi connectivity index (χ4v) is 4.77. The Morgan fingerprint density at radius 3 is 1.84 bits per heavy atom. The van der Waals surface area contributed by atoms with Crippen LogP contribution in [0.3, 0.4) is 0 Å². The third-order valence-electron chi connectivity index (χ3n) is 6.28. The number of para-hydroxylation sites is 2. The zero-order chi connectivity index (χ0) is 21.5. The average molecular weight is 410 g/mol. The van der Waals surface area contributed by atoms with Gasteiger partial charge in [-0.2, -0.15) is 0 Å². The van der Waals surface area contributed by atoms with E-state index < -0.39 is 0 Å². The van der Waals surface area contributed by atoms with Crippen LogP contribution in [0.1, 0.15) is 5.56 Å². The second-order valence-electron chi connectivity index (χ2n) is 8.30. The van der Waals surface area contributed by atoms with Crippen molar-refractivity contribution < 1.29 is 0 Å². The van der Waals surface area contributed by atoms with Crippen LogP contribution in [-0.4, -0.2) is 4.57 Å². The number of fused-ring (bicyclic) bond motifs is 3. The molecule has 0 radical (unpaired) electrons. The van der Waals surface area contributed by atoms with Crippen LogP contribution in [0.25, 0.3) is 49.7 Å². The van der Waals surface area contributed by atoms with Crippen molar-refractivity contribution in [2.45, 2.75) is 6.92 Å². The number of hydrogen-bond donors (Lipinski definition) is 0. The van der Waals surface area contributed by atoms with E-state index >= 15 is 0 Å². The number of aromatic nitrogens is 1. The minimum atomic E-state index is 1.18. The summed E-state index contributed by atoms with van der Waals surface area (Å²) in [5, 5.41) is 2.58. The highest BCUT2D eigenvalue weighted by molar-refractivity contribution is 6.19. The Hall–Kier alpha value is -4.10. The highest BCUT2D eigenvalue weighted by atomic mass is 15.0. The molecule has 0 unspecified atom stereocenters. The molecule has 0 aliphatic heterocycles. The highest BCUT2D eigenvalue weighted by Crippen LogP contribution is 2.43. The fourth-order valence-electron chi connectivity index (χ4n) is 4.77. The van der Waals surface area contributed by atoms with Crippen LogP contribution in [0, 0.1) is 6.92 Å². The van der Waals surface area contributed by atoms with E-state index in [0.717, 1.165) is 0 Å². The predicted molar refractivity (Wildman–Crippen MR) is 136 cm³/mol. The third-order valence-corrected chi connectivity index (χ3v) is 6.28. The lowest BCUT2D eigenvalue weighted by Gasteiger charge is -2.14. The van der Waals surface area contributed by atoms with Crippen molar-refractivity contribution in [3.8, 4) is 27.9 Å². The van der Waals surface area contributed by atoms with Gasteiger partial charge in [0.25, 0.3) is 0 Å². The zero-order valence-corrected chi connectivity index (χ0v) is 18.0. The molecule has 0 amide bonds. The number of hydrogen-bond acceptors (Lipinski definition) is 0. The smallest absolute Gasteiger partial charge is 0.0625 e. The summed E-state index contributed by atoms with van der Waals surface area (Å²) in [6.07, 6.45) is 0. The van der Waals surface area contributed by atoms with E-state index in [0.29, 0.717) is 0 Å². The fraction of sp³-hybridized carbons (Fsp3) is 0.0323. The summed E-state index contributed by atoms with van der Waals surface area (Å²) in [7, 11) is 0. The SMILES string of the molecule is Cc1ccc(-c2ccc(-c3ccccc3)c3c2c2ccccc2n3-c2ccccc2)cc1. The van der Waals surface area contributed by atoms with Crippen LogP contribution in [0.15, 0.2) is 121 Å². The molecule has 0 aliphatic rings. The van der Waals surface area contributed by atoms with Gasteiger partial charge in [0.1, 0.15) is 0 Å². The zero-order valence-electron chi connectivity index (χ0n) is 18.0. The molecule has 1 nitrogen and oxygen atoms in total. The van der Waals surface area contributed by atoms with E-state index in [1.807, 2.05) is 0 Å². The van der Waals surface area contributed by atoms with Gasteiger partial charge in [0.2, 0.25) is 0 Å². The van der Waals surface area contributed by atoms with Gasteiger partial charge in [-0.3, -0.25) is 0 Å². The second kappa shape index (κ2) is 7.55. The van der Waals surface area contributed by atoms with Gasteiger partial charge < -0.3 is 4.57 Å². The van der Waals surface area contributed by atoms with Gasteiger partial charge in [0, 0.05) is 22.0 Å². The maximum absolute atomic E-state index is 2.42. The van der Waals surface area contributed by atoms with E-state index in [2.05, 4.69) is 133 Å². The summed E-state index contributed by atoms with van der Waals surface area (Å²) < 4.78 is 2.42. The molecule has 6 aromatic rings. The first kappa shape index (κ1) is 18.7. The Kier molecular flexibility index (Phi) is 4.40. The van der Waals surface area contributed by atoms with E-state index in [1.165, 1.54) is 55.3 Å². The van der Waals surface area contributed by atoms with E-state index in [4.69, 9.17) is 0 Å². The molecule has 0 bridgehead atoms. The molecule has 1 heterocycles. The van der Waals surface area contributed by atoms with Gasteiger partial charge in [-0.25, -0.2) is 0 Å².